The normalized spacial score (nSPS) is 10.0. The smallest absolute Gasteiger partial charge is 0.273 e. The van der Waals surface area contributed by atoms with Gasteiger partial charge in [-0.3, -0.25) is 14.9 Å². The van der Waals surface area contributed by atoms with Gasteiger partial charge in [0, 0.05) is 6.07 Å². The minimum Gasteiger partial charge on any atom is -0.506 e. The van der Waals surface area contributed by atoms with E-state index in [1.165, 1.54) is 12.1 Å². The van der Waals surface area contributed by atoms with Crippen molar-refractivity contribution in [1.82, 2.24) is 0 Å². The van der Waals surface area contributed by atoms with Gasteiger partial charge in [-0.25, -0.2) is 0 Å². The maximum atomic E-state index is 11.7. The summed E-state index contributed by atoms with van der Waals surface area (Å²) in [5, 5.41) is 22.9. The molecule has 2 aromatic rings. The molecule has 0 bridgehead atoms. The van der Waals surface area contributed by atoms with Gasteiger partial charge in [-0.05, 0) is 18.2 Å². The van der Waals surface area contributed by atoms with Gasteiger partial charge in [0.05, 0.1) is 21.7 Å². The second-order valence-corrected chi connectivity index (χ2v) is 4.63. The molecule has 0 aromatic heterocycles. The van der Waals surface area contributed by atoms with Crippen LogP contribution in [0, 0.1) is 10.1 Å². The summed E-state index contributed by atoms with van der Waals surface area (Å²) in [7, 11) is 0. The molecule has 0 saturated heterocycles. The number of para-hydroxylation sites is 1. The fourth-order valence-corrected chi connectivity index (χ4v) is 1.82. The van der Waals surface area contributed by atoms with Crippen molar-refractivity contribution in [2.24, 2.45) is 0 Å². The molecule has 2 rings (SSSR count). The average molecular weight is 323 g/mol. The van der Waals surface area contributed by atoms with Crippen molar-refractivity contribution >= 4 is 28.9 Å². The monoisotopic (exact) mass is 322 g/mol. The zero-order chi connectivity index (χ0) is 16.1. The standard InChI is InChI=1S/C14H11ClN2O5/c15-10-3-1-2-4-13(10)22-8-14(19)16-11-6-5-9(17(20)21)7-12(11)18/h1-7,18H,8H2,(H,16,19). The Labute approximate surface area is 130 Å². The molecule has 22 heavy (non-hydrogen) atoms. The summed E-state index contributed by atoms with van der Waals surface area (Å²) >= 11 is 5.88. The predicted molar refractivity (Wildman–Crippen MR) is 80.3 cm³/mol. The number of phenols is 1. The molecule has 0 radical (unpaired) electrons. The van der Waals surface area contributed by atoms with Gasteiger partial charge in [-0.15, -0.1) is 0 Å². The number of halogens is 1. The Morgan fingerprint density at radius 2 is 2.05 bits per heavy atom. The van der Waals surface area contributed by atoms with Crippen LogP contribution in [0.1, 0.15) is 0 Å². The number of aromatic hydroxyl groups is 1. The molecule has 1 amide bonds. The Hall–Kier alpha value is -2.80. The molecule has 0 heterocycles. The molecule has 114 valence electrons. The number of hydrogen-bond acceptors (Lipinski definition) is 5. The van der Waals surface area contributed by atoms with Gasteiger partial charge >= 0.3 is 0 Å². The summed E-state index contributed by atoms with van der Waals surface area (Å²) in [6.45, 7) is -0.319. The van der Waals surface area contributed by atoms with Gasteiger partial charge in [-0.1, -0.05) is 23.7 Å². The van der Waals surface area contributed by atoms with Crippen molar-refractivity contribution in [3.8, 4) is 11.5 Å². The Balaban J connectivity index is 1.98. The quantitative estimate of drug-likeness (QED) is 0.500. The Morgan fingerprint density at radius 3 is 2.68 bits per heavy atom. The second-order valence-electron chi connectivity index (χ2n) is 4.23. The van der Waals surface area contributed by atoms with Gasteiger partial charge in [0.1, 0.15) is 11.5 Å². The molecule has 0 fully saturated rings. The number of non-ortho nitro benzene ring substituents is 1. The number of amides is 1. The summed E-state index contributed by atoms with van der Waals surface area (Å²) in [5.41, 5.74) is -0.221. The topological polar surface area (TPSA) is 102 Å². The van der Waals surface area contributed by atoms with Crippen molar-refractivity contribution < 1.29 is 19.6 Å². The zero-order valence-electron chi connectivity index (χ0n) is 11.2. The predicted octanol–water partition coefficient (Wildman–Crippen LogP) is 2.97. The molecule has 0 spiro atoms. The first kappa shape index (κ1) is 15.6. The number of phenolic OH excluding ortho intramolecular Hbond substituents is 1. The van der Waals surface area contributed by atoms with Crippen molar-refractivity contribution in [2.75, 3.05) is 11.9 Å². The number of nitro groups is 1. The average Bonchev–Trinajstić information content (AvgIpc) is 2.48. The number of nitrogens with zero attached hydrogens (tertiary/aromatic N) is 1. The van der Waals surface area contributed by atoms with Crippen molar-refractivity contribution in [1.29, 1.82) is 0 Å². The highest BCUT2D eigenvalue weighted by molar-refractivity contribution is 6.32. The lowest BCUT2D eigenvalue weighted by molar-refractivity contribution is -0.384. The van der Waals surface area contributed by atoms with E-state index in [0.29, 0.717) is 10.8 Å². The van der Waals surface area contributed by atoms with E-state index in [1.54, 1.807) is 24.3 Å². The molecule has 0 aliphatic heterocycles. The first-order valence-corrected chi connectivity index (χ1v) is 6.50. The molecule has 8 heteroatoms. The Bertz CT molecular complexity index is 720. The first-order chi connectivity index (χ1) is 10.5. The van der Waals surface area contributed by atoms with Crippen molar-refractivity contribution in [3.63, 3.8) is 0 Å². The molecule has 0 saturated carbocycles. The molecule has 2 aromatic carbocycles. The number of carbonyl (C=O) groups is 1. The van der Waals surface area contributed by atoms with Gasteiger partial charge < -0.3 is 15.2 Å². The molecular formula is C14H11ClN2O5. The minimum atomic E-state index is -0.647. The van der Waals surface area contributed by atoms with Crippen LogP contribution in [0.4, 0.5) is 11.4 Å². The fraction of sp³-hybridized carbons (Fsp3) is 0.0714. The fourth-order valence-electron chi connectivity index (χ4n) is 1.63. The van der Waals surface area contributed by atoms with E-state index >= 15 is 0 Å². The van der Waals surface area contributed by atoms with E-state index in [1.807, 2.05) is 0 Å². The minimum absolute atomic E-state index is 0.0540. The van der Waals surface area contributed by atoms with Crippen molar-refractivity contribution in [3.05, 3.63) is 57.6 Å². The molecule has 2 N–H and O–H groups in total. The lowest BCUT2D eigenvalue weighted by Crippen LogP contribution is -2.20. The van der Waals surface area contributed by atoms with E-state index in [4.69, 9.17) is 16.3 Å². The number of rotatable bonds is 5. The summed E-state index contributed by atoms with van der Waals surface area (Å²) in [4.78, 5) is 21.6. The molecule has 7 nitrogen and oxygen atoms in total. The second kappa shape index (κ2) is 6.77. The zero-order valence-corrected chi connectivity index (χ0v) is 11.9. The lowest BCUT2D eigenvalue weighted by Gasteiger charge is -2.09. The van der Waals surface area contributed by atoms with Crippen LogP contribution in [0.3, 0.4) is 0 Å². The van der Waals surface area contributed by atoms with Crippen LogP contribution in [0.25, 0.3) is 0 Å². The number of nitro benzene ring substituents is 1. The van der Waals surface area contributed by atoms with E-state index < -0.39 is 16.6 Å². The number of anilines is 1. The number of nitrogens with one attached hydrogen (secondary N) is 1. The molecule has 0 aliphatic rings. The van der Waals surface area contributed by atoms with E-state index in [2.05, 4.69) is 5.32 Å². The molecule has 0 aliphatic carbocycles. The lowest BCUT2D eigenvalue weighted by atomic mass is 10.2. The maximum Gasteiger partial charge on any atom is 0.273 e. The van der Waals surface area contributed by atoms with Gasteiger partial charge in [0.25, 0.3) is 11.6 Å². The third kappa shape index (κ3) is 3.86. The number of carbonyl (C=O) groups excluding carboxylic acids is 1. The summed E-state index contributed by atoms with van der Waals surface area (Å²) in [6.07, 6.45) is 0. The third-order valence-electron chi connectivity index (χ3n) is 2.66. The highest BCUT2D eigenvalue weighted by Gasteiger charge is 2.12. The van der Waals surface area contributed by atoms with E-state index in [9.17, 15) is 20.0 Å². The van der Waals surface area contributed by atoms with Crippen LogP contribution in [0.2, 0.25) is 5.02 Å². The largest absolute Gasteiger partial charge is 0.506 e. The van der Waals surface area contributed by atoms with Crippen LogP contribution in [0.15, 0.2) is 42.5 Å². The summed E-state index contributed by atoms with van der Waals surface area (Å²) < 4.78 is 5.24. The number of benzene rings is 2. The van der Waals surface area contributed by atoms with Crippen LogP contribution in [-0.4, -0.2) is 22.5 Å². The van der Waals surface area contributed by atoms with E-state index in [-0.39, 0.29) is 18.0 Å². The highest BCUT2D eigenvalue weighted by Crippen LogP contribution is 2.28. The van der Waals surface area contributed by atoms with Crippen LogP contribution in [0.5, 0.6) is 11.5 Å². The highest BCUT2D eigenvalue weighted by atomic mass is 35.5. The van der Waals surface area contributed by atoms with Gasteiger partial charge in [0.2, 0.25) is 0 Å². The summed E-state index contributed by atoms with van der Waals surface area (Å²) in [6, 6.07) is 10.0. The Kier molecular flexibility index (Phi) is 4.80. The Morgan fingerprint density at radius 1 is 1.32 bits per heavy atom. The van der Waals surface area contributed by atoms with Crippen LogP contribution >= 0.6 is 11.6 Å². The molecule has 0 unspecified atom stereocenters. The SMILES string of the molecule is O=C(COc1ccccc1Cl)Nc1ccc([N+](=O)[O-])cc1O. The van der Waals surface area contributed by atoms with Crippen molar-refractivity contribution in [2.45, 2.75) is 0 Å². The first-order valence-electron chi connectivity index (χ1n) is 6.12. The molecular weight excluding hydrogens is 312 g/mol. The van der Waals surface area contributed by atoms with Gasteiger partial charge in [-0.2, -0.15) is 0 Å². The number of ether oxygens (including phenoxy) is 1. The van der Waals surface area contributed by atoms with E-state index in [0.717, 1.165) is 6.07 Å². The maximum absolute atomic E-state index is 11.7. The van der Waals surface area contributed by atoms with Crippen LogP contribution < -0.4 is 10.1 Å². The molecule has 0 atom stereocenters. The van der Waals surface area contributed by atoms with Gasteiger partial charge in [0.15, 0.2) is 6.61 Å². The number of hydrogen-bond donors (Lipinski definition) is 2. The summed E-state index contributed by atoms with van der Waals surface area (Å²) in [5.74, 6) is -0.586. The third-order valence-corrected chi connectivity index (χ3v) is 2.97. The van der Waals surface area contributed by atoms with Crippen LogP contribution in [-0.2, 0) is 4.79 Å².